The molecule has 1 atom stereocenters. The Morgan fingerprint density at radius 2 is 2.07 bits per heavy atom. The highest BCUT2D eigenvalue weighted by Gasteiger charge is 2.32. The predicted octanol–water partition coefficient (Wildman–Crippen LogP) is 2.47. The van der Waals surface area contributed by atoms with Gasteiger partial charge in [-0.25, -0.2) is 13.1 Å². The second-order valence-corrected chi connectivity index (χ2v) is 9.85. The van der Waals surface area contributed by atoms with Crippen molar-refractivity contribution in [3.8, 4) is 5.75 Å². The number of likely N-dealkylation sites (N-methyl/N-ethyl adjacent to an activating group) is 1. The molecule has 10 heteroatoms. The molecule has 1 aliphatic heterocycles. The SMILES string of the molecule is CN(CCOc1ccc(Cl)cc1)Cn1nc(C2CCS(=O)(=O)C2)n(C)c1=S. The second kappa shape index (κ2) is 8.30. The molecule has 27 heavy (non-hydrogen) atoms. The fourth-order valence-electron chi connectivity index (χ4n) is 3.10. The van der Waals surface area contributed by atoms with Crippen LogP contribution in [0, 0.1) is 4.77 Å². The molecular formula is C17H23ClN4O3S2. The van der Waals surface area contributed by atoms with E-state index in [0.29, 0.717) is 36.0 Å². The van der Waals surface area contributed by atoms with Crippen molar-refractivity contribution in [1.29, 1.82) is 0 Å². The molecule has 0 bridgehead atoms. The molecule has 0 radical (unpaired) electrons. The number of halogens is 1. The van der Waals surface area contributed by atoms with Gasteiger partial charge in [0.2, 0.25) is 0 Å². The van der Waals surface area contributed by atoms with E-state index < -0.39 is 9.84 Å². The molecule has 1 aromatic heterocycles. The van der Waals surface area contributed by atoms with Crippen LogP contribution in [0.1, 0.15) is 18.2 Å². The van der Waals surface area contributed by atoms with Gasteiger partial charge in [-0.15, -0.1) is 0 Å². The Bertz CT molecular complexity index is 954. The number of benzene rings is 1. The van der Waals surface area contributed by atoms with E-state index in [0.717, 1.165) is 11.6 Å². The van der Waals surface area contributed by atoms with Crippen LogP contribution in [-0.4, -0.2) is 59.4 Å². The smallest absolute Gasteiger partial charge is 0.198 e. The lowest BCUT2D eigenvalue weighted by Gasteiger charge is -2.16. The minimum atomic E-state index is -2.96. The maximum Gasteiger partial charge on any atom is 0.198 e. The summed E-state index contributed by atoms with van der Waals surface area (Å²) in [5.41, 5.74) is 0. The number of nitrogens with zero attached hydrogens (tertiary/aromatic N) is 4. The van der Waals surface area contributed by atoms with E-state index in [2.05, 4.69) is 5.10 Å². The summed E-state index contributed by atoms with van der Waals surface area (Å²) in [5.74, 6) is 1.80. The van der Waals surface area contributed by atoms with Crippen molar-refractivity contribution in [3.05, 3.63) is 39.9 Å². The first kappa shape index (κ1) is 20.3. The fourth-order valence-corrected chi connectivity index (χ4v) is 5.16. The Morgan fingerprint density at radius 3 is 2.70 bits per heavy atom. The molecule has 2 aromatic rings. The van der Waals surface area contributed by atoms with Gasteiger partial charge in [0.1, 0.15) is 18.2 Å². The first-order chi connectivity index (χ1) is 12.7. The minimum Gasteiger partial charge on any atom is -0.492 e. The zero-order valence-corrected chi connectivity index (χ0v) is 17.7. The molecular weight excluding hydrogens is 408 g/mol. The lowest BCUT2D eigenvalue weighted by molar-refractivity contribution is 0.197. The Balaban J connectivity index is 1.57. The Labute approximate surface area is 169 Å². The van der Waals surface area contributed by atoms with Crippen LogP contribution in [0.2, 0.25) is 5.02 Å². The summed E-state index contributed by atoms with van der Waals surface area (Å²) in [7, 11) is 0.843. The topological polar surface area (TPSA) is 69.4 Å². The first-order valence-corrected chi connectivity index (χ1v) is 11.3. The van der Waals surface area contributed by atoms with Crippen molar-refractivity contribution in [2.75, 3.05) is 31.7 Å². The summed E-state index contributed by atoms with van der Waals surface area (Å²) >= 11 is 11.3. The molecule has 0 spiro atoms. The summed E-state index contributed by atoms with van der Waals surface area (Å²) in [6.07, 6.45) is 0.604. The number of hydrogen-bond donors (Lipinski definition) is 0. The van der Waals surface area contributed by atoms with Gasteiger partial charge in [-0.05, 0) is 50.0 Å². The van der Waals surface area contributed by atoms with Crippen LogP contribution >= 0.6 is 23.8 Å². The van der Waals surface area contributed by atoms with E-state index in [9.17, 15) is 8.42 Å². The molecule has 7 nitrogen and oxygen atoms in total. The fraction of sp³-hybridized carbons (Fsp3) is 0.529. The van der Waals surface area contributed by atoms with Crippen molar-refractivity contribution in [2.45, 2.75) is 19.0 Å². The van der Waals surface area contributed by atoms with Crippen LogP contribution in [0.15, 0.2) is 24.3 Å². The third-order valence-electron chi connectivity index (χ3n) is 4.60. The summed E-state index contributed by atoms with van der Waals surface area (Å²) in [4.78, 5) is 2.05. The molecule has 1 aliphatic rings. The Kier molecular flexibility index (Phi) is 6.25. The molecule has 0 amide bonds. The van der Waals surface area contributed by atoms with Crippen molar-refractivity contribution < 1.29 is 13.2 Å². The third kappa shape index (κ3) is 5.10. The normalized spacial score (nSPS) is 18.9. The zero-order valence-electron chi connectivity index (χ0n) is 15.3. The molecule has 0 N–H and O–H groups in total. The van der Waals surface area contributed by atoms with E-state index in [1.165, 1.54) is 0 Å². The van der Waals surface area contributed by atoms with Gasteiger partial charge in [-0.2, -0.15) is 5.10 Å². The standard InChI is InChI=1S/C17H23ClN4O3S2/c1-20(8-9-25-15-5-3-14(18)4-6-15)12-22-17(26)21(2)16(19-22)13-7-10-27(23,24)11-13/h3-6,13H,7-12H2,1-2H3. The van der Waals surface area contributed by atoms with E-state index in [1.807, 2.05) is 35.7 Å². The monoisotopic (exact) mass is 430 g/mol. The van der Waals surface area contributed by atoms with Gasteiger partial charge < -0.3 is 9.30 Å². The second-order valence-electron chi connectivity index (χ2n) is 6.82. The quantitative estimate of drug-likeness (QED) is 0.628. The van der Waals surface area contributed by atoms with Crippen LogP contribution in [-0.2, 0) is 23.6 Å². The first-order valence-electron chi connectivity index (χ1n) is 8.66. The largest absolute Gasteiger partial charge is 0.492 e. The van der Waals surface area contributed by atoms with Gasteiger partial charge in [0.25, 0.3) is 0 Å². The van der Waals surface area contributed by atoms with Crippen molar-refractivity contribution in [1.82, 2.24) is 19.2 Å². The number of rotatable bonds is 7. The van der Waals surface area contributed by atoms with Crippen molar-refractivity contribution in [3.63, 3.8) is 0 Å². The van der Waals surface area contributed by atoms with Gasteiger partial charge in [0.05, 0.1) is 18.2 Å². The maximum absolute atomic E-state index is 11.7. The van der Waals surface area contributed by atoms with Gasteiger partial charge in [-0.1, -0.05) is 11.6 Å². The number of sulfone groups is 1. The van der Waals surface area contributed by atoms with E-state index in [1.54, 1.807) is 16.8 Å². The van der Waals surface area contributed by atoms with Crippen LogP contribution in [0.3, 0.4) is 0 Å². The van der Waals surface area contributed by atoms with Gasteiger partial charge in [0, 0.05) is 24.5 Å². The van der Waals surface area contributed by atoms with Crippen molar-refractivity contribution >= 4 is 33.7 Å². The van der Waals surface area contributed by atoms with Gasteiger partial charge in [-0.3, -0.25) is 4.90 Å². The summed E-state index contributed by atoms with van der Waals surface area (Å²) in [5, 5.41) is 5.26. The van der Waals surface area contributed by atoms with Crippen LogP contribution < -0.4 is 4.74 Å². The highest BCUT2D eigenvalue weighted by molar-refractivity contribution is 7.91. The molecule has 1 unspecified atom stereocenters. The molecule has 0 saturated carbocycles. The molecule has 1 fully saturated rings. The molecule has 1 saturated heterocycles. The summed E-state index contributed by atoms with van der Waals surface area (Å²) in [6, 6.07) is 7.25. The lowest BCUT2D eigenvalue weighted by atomic mass is 10.1. The van der Waals surface area contributed by atoms with Gasteiger partial charge in [0.15, 0.2) is 14.6 Å². The number of aromatic nitrogens is 3. The third-order valence-corrected chi connectivity index (χ3v) is 7.11. The van der Waals surface area contributed by atoms with Crippen LogP contribution in [0.5, 0.6) is 5.75 Å². The molecule has 3 rings (SSSR count). The maximum atomic E-state index is 11.7. The zero-order chi connectivity index (χ0) is 19.6. The van der Waals surface area contributed by atoms with Gasteiger partial charge >= 0.3 is 0 Å². The van der Waals surface area contributed by atoms with Crippen LogP contribution in [0.4, 0.5) is 0 Å². The van der Waals surface area contributed by atoms with Crippen molar-refractivity contribution in [2.24, 2.45) is 7.05 Å². The van der Waals surface area contributed by atoms with E-state index in [4.69, 9.17) is 28.6 Å². The lowest BCUT2D eigenvalue weighted by Crippen LogP contribution is -2.27. The Morgan fingerprint density at radius 1 is 1.37 bits per heavy atom. The van der Waals surface area contributed by atoms with E-state index >= 15 is 0 Å². The average Bonchev–Trinajstić information content (AvgIpc) is 3.10. The van der Waals surface area contributed by atoms with E-state index in [-0.39, 0.29) is 17.4 Å². The summed E-state index contributed by atoms with van der Waals surface area (Å²) < 4.78 is 33.3. The molecule has 148 valence electrons. The molecule has 0 aliphatic carbocycles. The highest BCUT2D eigenvalue weighted by atomic mass is 35.5. The minimum absolute atomic E-state index is 0.0819. The number of ether oxygens (including phenoxy) is 1. The molecule has 1 aromatic carbocycles. The Hall–Kier alpha value is -1.42. The summed E-state index contributed by atoms with van der Waals surface area (Å²) in [6.45, 7) is 1.72. The highest BCUT2D eigenvalue weighted by Crippen LogP contribution is 2.27. The number of hydrogen-bond acceptors (Lipinski definition) is 6. The molecule has 2 heterocycles. The average molecular weight is 431 g/mol. The van der Waals surface area contributed by atoms with Crippen LogP contribution in [0.25, 0.3) is 0 Å². The predicted molar refractivity (Wildman–Crippen MR) is 108 cm³/mol.